The Morgan fingerprint density at radius 2 is 1.79 bits per heavy atom. The Morgan fingerprint density at radius 1 is 1.04 bits per heavy atom. The van der Waals surface area contributed by atoms with Gasteiger partial charge in [-0.15, -0.1) is 0 Å². The van der Waals surface area contributed by atoms with Crippen LogP contribution < -0.4 is 0 Å². The lowest BCUT2D eigenvalue weighted by Gasteiger charge is -2.09. The van der Waals surface area contributed by atoms with Gasteiger partial charge in [0.1, 0.15) is 5.82 Å². The van der Waals surface area contributed by atoms with Crippen molar-refractivity contribution in [2.45, 2.75) is 26.2 Å². The molecule has 5 nitrogen and oxygen atoms in total. The third kappa shape index (κ3) is 4.39. The van der Waals surface area contributed by atoms with Gasteiger partial charge >= 0.3 is 0 Å². The highest BCUT2D eigenvalue weighted by molar-refractivity contribution is 7.94. The Balaban J connectivity index is 1.59. The molecule has 144 valence electrons. The molecular formula is C22H23N3O2S. The van der Waals surface area contributed by atoms with E-state index >= 15 is 0 Å². The summed E-state index contributed by atoms with van der Waals surface area (Å²) < 4.78 is 25.4. The van der Waals surface area contributed by atoms with Crippen LogP contribution in [0.5, 0.6) is 0 Å². The average molecular weight is 394 g/mol. The number of hydrogen-bond acceptors (Lipinski definition) is 4. The molecule has 0 bridgehead atoms. The van der Waals surface area contributed by atoms with E-state index in [0.29, 0.717) is 6.42 Å². The van der Waals surface area contributed by atoms with Gasteiger partial charge < -0.3 is 0 Å². The van der Waals surface area contributed by atoms with Crippen LogP contribution in [0.25, 0.3) is 5.69 Å². The molecule has 2 heterocycles. The van der Waals surface area contributed by atoms with Crippen LogP contribution in [0.1, 0.15) is 22.8 Å². The molecule has 3 aromatic rings. The summed E-state index contributed by atoms with van der Waals surface area (Å²) in [7, 11) is -3.08. The minimum atomic E-state index is -3.08. The zero-order valence-corrected chi connectivity index (χ0v) is 16.6. The smallest absolute Gasteiger partial charge is 0.171 e. The number of sulfone groups is 1. The van der Waals surface area contributed by atoms with Crippen molar-refractivity contribution < 1.29 is 8.42 Å². The fourth-order valence-corrected chi connectivity index (χ4v) is 4.82. The minimum Gasteiger partial charge on any atom is -0.224 e. The Morgan fingerprint density at radius 3 is 2.46 bits per heavy atom. The Kier molecular flexibility index (Phi) is 5.13. The topological polar surface area (TPSA) is 64.8 Å². The van der Waals surface area contributed by atoms with Crippen molar-refractivity contribution in [1.82, 2.24) is 14.8 Å². The first-order chi connectivity index (χ1) is 13.5. The van der Waals surface area contributed by atoms with Gasteiger partial charge in [-0.05, 0) is 37.0 Å². The molecule has 0 spiro atoms. The minimum absolute atomic E-state index is 0.0552. The van der Waals surface area contributed by atoms with Gasteiger partial charge in [-0.25, -0.2) is 18.1 Å². The molecule has 6 heteroatoms. The van der Waals surface area contributed by atoms with Gasteiger partial charge in [0, 0.05) is 18.2 Å². The van der Waals surface area contributed by atoms with Crippen LogP contribution in [0.3, 0.4) is 0 Å². The Labute approximate surface area is 165 Å². The summed E-state index contributed by atoms with van der Waals surface area (Å²) in [5, 5.41) is 6.06. The molecule has 28 heavy (non-hydrogen) atoms. The predicted octanol–water partition coefficient (Wildman–Crippen LogP) is 3.46. The predicted molar refractivity (Wildman–Crippen MR) is 110 cm³/mol. The monoisotopic (exact) mass is 393 g/mol. The van der Waals surface area contributed by atoms with Crippen LogP contribution in [-0.4, -0.2) is 28.9 Å². The molecule has 0 saturated heterocycles. The van der Waals surface area contributed by atoms with Gasteiger partial charge in [0.15, 0.2) is 15.7 Å². The second-order valence-corrected chi connectivity index (χ2v) is 9.23. The van der Waals surface area contributed by atoms with Crippen molar-refractivity contribution in [3.8, 4) is 5.69 Å². The molecule has 0 saturated carbocycles. The number of benzene rings is 2. The number of aryl methyl sites for hydroxylation is 3. The van der Waals surface area contributed by atoms with Gasteiger partial charge in [-0.3, -0.25) is 0 Å². The van der Waals surface area contributed by atoms with Crippen molar-refractivity contribution >= 4 is 9.84 Å². The van der Waals surface area contributed by atoms with Gasteiger partial charge in [-0.2, -0.15) is 5.10 Å². The van der Waals surface area contributed by atoms with E-state index in [2.05, 4.69) is 12.1 Å². The maximum atomic E-state index is 11.8. The van der Waals surface area contributed by atoms with E-state index in [9.17, 15) is 8.42 Å². The van der Waals surface area contributed by atoms with Crippen LogP contribution >= 0.6 is 0 Å². The summed E-state index contributed by atoms with van der Waals surface area (Å²) in [6.07, 6.45) is 3.94. The van der Waals surface area contributed by atoms with E-state index in [1.165, 1.54) is 16.5 Å². The van der Waals surface area contributed by atoms with Crippen molar-refractivity contribution in [2.24, 2.45) is 5.92 Å². The molecule has 0 N–H and O–H groups in total. The first-order valence-electron chi connectivity index (χ1n) is 9.45. The SMILES string of the molecule is Cc1ccc(-n2nc(CCc3ccccc3)nc2C[C@H]2C=CS(=O)(=O)C2)cc1. The number of aromatic nitrogens is 3. The van der Waals surface area contributed by atoms with E-state index in [4.69, 9.17) is 10.1 Å². The van der Waals surface area contributed by atoms with Crippen molar-refractivity contribution in [3.63, 3.8) is 0 Å². The third-order valence-electron chi connectivity index (χ3n) is 4.93. The zero-order valence-electron chi connectivity index (χ0n) is 15.8. The van der Waals surface area contributed by atoms with Crippen LogP contribution in [0, 0.1) is 12.8 Å². The molecule has 0 unspecified atom stereocenters. The maximum absolute atomic E-state index is 11.8. The summed E-state index contributed by atoms with van der Waals surface area (Å²) in [6.45, 7) is 2.05. The van der Waals surface area contributed by atoms with Gasteiger partial charge in [-0.1, -0.05) is 54.1 Å². The lowest BCUT2D eigenvalue weighted by Crippen LogP contribution is -2.12. The highest BCUT2D eigenvalue weighted by Crippen LogP contribution is 2.21. The summed E-state index contributed by atoms with van der Waals surface area (Å²) in [5.74, 6) is 1.68. The molecule has 1 aromatic heterocycles. The molecule has 4 rings (SSSR count). The van der Waals surface area contributed by atoms with Crippen LogP contribution in [0.2, 0.25) is 0 Å². The van der Waals surface area contributed by atoms with Crippen LogP contribution in [0.4, 0.5) is 0 Å². The van der Waals surface area contributed by atoms with Crippen molar-refractivity contribution in [2.75, 3.05) is 5.75 Å². The van der Waals surface area contributed by atoms with Crippen LogP contribution in [-0.2, 0) is 29.1 Å². The molecule has 1 aliphatic heterocycles. The molecule has 0 radical (unpaired) electrons. The molecule has 0 aliphatic carbocycles. The lowest BCUT2D eigenvalue weighted by molar-refractivity contribution is 0.593. The van der Waals surface area contributed by atoms with E-state index in [1.807, 2.05) is 54.1 Å². The molecule has 1 atom stereocenters. The fourth-order valence-electron chi connectivity index (χ4n) is 3.43. The highest BCUT2D eigenvalue weighted by Gasteiger charge is 2.24. The molecule has 0 amide bonds. The first-order valence-corrected chi connectivity index (χ1v) is 11.2. The number of rotatable bonds is 6. The number of nitrogens with zero attached hydrogens (tertiary/aromatic N) is 3. The van der Waals surface area contributed by atoms with Gasteiger partial charge in [0.05, 0.1) is 11.4 Å². The Bertz CT molecular complexity index is 1080. The van der Waals surface area contributed by atoms with E-state index in [-0.39, 0.29) is 11.7 Å². The Hall–Kier alpha value is -2.73. The van der Waals surface area contributed by atoms with Crippen molar-refractivity contribution in [3.05, 3.63) is 88.9 Å². The molecule has 0 fully saturated rings. The second-order valence-electron chi connectivity index (χ2n) is 7.30. The van der Waals surface area contributed by atoms with Gasteiger partial charge in [0.25, 0.3) is 0 Å². The average Bonchev–Trinajstić information content (AvgIpc) is 3.24. The fraction of sp³-hybridized carbons (Fsp3) is 0.273. The van der Waals surface area contributed by atoms with E-state index < -0.39 is 9.84 Å². The largest absolute Gasteiger partial charge is 0.224 e. The van der Waals surface area contributed by atoms with Crippen molar-refractivity contribution in [1.29, 1.82) is 0 Å². The quantitative estimate of drug-likeness (QED) is 0.643. The third-order valence-corrected chi connectivity index (χ3v) is 6.39. The normalized spacial score (nSPS) is 17.8. The standard InChI is InChI=1S/C22H23N3O2S/c1-17-7-10-20(11-8-17)25-22(15-19-13-14-28(26,27)16-19)23-21(24-25)12-9-18-5-3-2-4-6-18/h2-8,10-11,13-14,19H,9,12,15-16H2,1H3/t19-/m1/s1. The maximum Gasteiger partial charge on any atom is 0.171 e. The summed E-state index contributed by atoms with van der Waals surface area (Å²) in [4.78, 5) is 4.76. The van der Waals surface area contributed by atoms with Crippen LogP contribution in [0.15, 0.2) is 66.1 Å². The summed E-state index contributed by atoms with van der Waals surface area (Å²) in [5.41, 5.74) is 3.38. The summed E-state index contributed by atoms with van der Waals surface area (Å²) >= 11 is 0. The van der Waals surface area contributed by atoms with E-state index in [0.717, 1.165) is 30.2 Å². The zero-order chi connectivity index (χ0) is 19.6. The molecular weight excluding hydrogens is 370 g/mol. The second kappa shape index (κ2) is 7.72. The number of allylic oxidation sites excluding steroid dienone is 1. The molecule has 1 aliphatic rings. The first kappa shape index (κ1) is 18.6. The van der Waals surface area contributed by atoms with E-state index in [1.54, 1.807) is 6.08 Å². The molecule has 2 aromatic carbocycles. The highest BCUT2D eigenvalue weighted by atomic mass is 32.2. The number of hydrogen-bond donors (Lipinski definition) is 0. The summed E-state index contributed by atoms with van der Waals surface area (Å²) in [6, 6.07) is 18.4. The lowest BCUT2D eigenvalue weighted by atomic mass is 10.1. The van der Waals surface area contributed by atoms with Gasteiger partial charge in [0.2, 0.25) is 0 Å².